The summed E-state index contributed by atoms with van der Waals surface area (Å²) in [6.45, 7) is 1.50. The van der Waals surface area contributed by atoms with E-state index in [4.69, 9.17) is 5.90 Å². The molecule has 8 heteroatoms. The van der Waals surface area contributed by atoms with Gasteiger partial charge in [-0.15, -0.1) is 0 Å². The van der Waals surface area contributed by atoms with Gasteiger partial charge in [0.15, 0.2) is 0 Å². The largest absolute Gasteiger partial charge is 0.370 e. The maximum Gasteiger partial charge on any atom is 0.349 e. The molecule has 2 aliphatic rings. The van der Waals surface area contributed by atoms with Crippen molar-refractivity contribution in [2.45, 2.75) is 19.0 Å². The fourth-order valence-corrected chi connectivity index (χ4v) is 4.69. The Morgan fingerprint density at radius 1 is 1.16 bits per heavy atom. The molecule has 3 aromatic rings. The van der Waals surface area contributed by atoms with Crippen molar-refractivity contribution in [3.63, 3.8) is 0 Å². The molecule has 1 fully saturated rings. The molecule has 32 heavy (non-hydrogen) atoms. The summed E-state index contributed by atoms with van der Waals surface area (Å²) in [4.78, 5) is 43.8. The lowest BCUT2D eigenvalue weighted by Crippen LogP contribution is -2.56. The van der Waals surface area contributed by atoms with Crippen molar-refractivity contribution in [2.75, 3.05) is 13.6 Å². The Labute approximate surface area is 184 Å². The van der Waals surface area contributed by atoms with Gasteiger partial charge >= 0.3 is 12.0 Å². The summed E-state index contributed by atoms with van der Waals surface area (Å²) >= 11 is 0. The number of hydrogen-bond acceptors (Lipinski definition) is 5. The molecule has 2 aromatic carbocycles. The highest BCUT2D eigenvalue weighted by molar-refractivity contribution is 6.04. The quantitative estimate of drug-likeness (QED) is 0.507. The van der Waals surface area contributed by atoms with Crippen molar-refractivity contribution >= 4 is 34.9 Å². The number of imide groups is 1. The number of fused-ring (bicyclic) bond motifs is 6. The number of likely N-dealkylation sites (N-methyl/N-ethyl adjacent to an activating group) is 1. The zero-order valence-electron chi connectivity index (χ0n) is 17.5. The normalized spacial score (nSPS) is 17.9. The lowest BCUT2D eigenvalue weighted by atomic mass is 9.89. The van der Waals surface area contributed by atoms with E-state index in [1.807, 2.05) is 36.4 Å². The van der Waals surface area contributed by atoms with E-state index in [0.717, 1.165) is 33.3 Å². The van der Waals surface area contributed by atoms with Crippen molar-refractivity contribution in [1.82, 2.24) is 14.4 Å². The summed E-state index contributed by atoms with van der Waals surface area (Å²) in [6, 6.07) is 15.6. The predicted molar refractivity (Wildman–Crippen MR) is 118 cm³/mol. The fourth-order valence-electron chi connectivity index (χ4n) is 4.69. The lowest BCUT2D eigenvalue weighted by molar-refractivity contribution is -0.138. The van der Waals surface area contributed by atoms with E-state index in [-0.39, 0.29) is 17.9 Å². The standard InChI is InChI=1S/C24H22N4O4/c1-26-23(30)18-13-27(24(26)31)14-20-22(18)17-4-2-3-5-19(17)28(20)12-16-8-6-15(7-9-16)10-11-21(29)32-25/h2-11,18H,12-14,25H2,1H3/b11-10+. The molecule has 3 amide bonds. The third-order valence-corrected chi connectivity index (χ3v) is 6.25. The molecule has 162 valence electrons. The first-order valence-corrected chi connectivity index (χ1v) is 10.3. The Balaban J connectivity index is 1.54. The maximum atomic E-state index is 12.9. The van der Waals surface area contributed by atoms with Crippen LogP contribution in [0.25, 0.3) is 17.0 Å². The van der Waals surface area contributed by atoms with Gasteiger partial charge in [0.05, 0.1) is 12.5 Å². The first-order chi connectivity index (χ1) is 15.5. The van der Waals surface area contributed by atoms with Crippen LogP contribution in [0.15, 0.2) is 54.6 Å². The predicted octanol–water partition coefficient (Wildman–Crippen LogP) is 2.61. The van der Waals surface area contributed by atoms with Crippen LogP contribution in [0.5, 0.6) is 0 Å². The third-order valence-electron chi connectivity index (χ3n) is 6.25. The number of amides is 3. The van der Waals surface area contributed by atoms with E-state index in [1.54, 1.807) is 18.0 Å². The highest BCUT2D eigenvalue weighted by Crippen LogP contribution is 2.40. The zero-order valence-corrected chi connectivity index (χ0v) is 17.5. The summed E-state index contributed by atoms with van der Waals surface area (Å²) in [7, 11) is 1.55. The van der Waals surface area contributed by atoms with Gasteiger partial charge < -0.3 is 14.3 Å². The first-order valence-electron chi connectivity index (χ1n) is 10.3. The minimum atomic E-state index is -0.616. The summed E-state index contributed by atoms with van der Waals surface area (Å²) in [5, 5.41) is 1.06. The minimum absolute atomic E-state index is 0.151. The number of carbonyl (C=O) groups is 3. The topological polar surface area (TPSA) is 97.9 Å². The minimum Gasteiger partial charge on any atom is -0.370 e. The molecule has 5 rings (SSSR count). The van der Waals surface area contributed by atoms with Crippen LogP contribution in [0.1, 0.15) is 28.3 Å². The zero-order chi connectivity index (χ0) is 22.4. The number of para-hydroxylation sites is 1. The second-order valence-corrected chi connectivity index (χ2v) is 8.09. The number of urea groups is 1. The van der Waals surface area contributed by atoms with E-state index >= 15 is 0 Å². The molecule has 1 atom stereocenters. The van der Waals surface area contributed by atoms with Crippen molar-refractivity contribution in [2.24, 2.45) is 5.90 Å². The second-order valence-electron chi connectivity index (χ2n) is 8.09. The summed E-state index contributed by atoms with van der Waals surface area (Å²) in [5.74, 6) is 3.73. The molecule has 0 radical (unpaired) electrons. The van der Waals surface area contributed by atoms with Gasteiger partial charge in [-0.2, -0.15) is 5.90 Å². The van der Waals surface area contributed by atoms with Crippen LogP contribution in [0, 0.1) is 0 Å². The van der Waals surface area contributed by atoms with Gasteiger partial charge in [-0.05, 0) is 28.8 Å². The highest BCUT2D eigenvalue weighted by Gasteiger charge is 2.44. The van der Waals surface area contributed by atoms with Crippen LogP contribution in [-0.2, 0) is 27.5 Å². The second kappa shape index (κ2) is 7.65. The first kappa shape index (κ1) is 20.0. The van der Waals surface area contributed by atoms with Gasteiger partial charge in [-0.1, -0.05) is 42.5 Å². The van der Waals surface area contributed by atoms with Crippen LogP contribution in [-0.4, -0.2) is 45.9 Å². The molecular formula is C24H22N4O4. The number of nitrogens with zero attached hydrogens (tertiary/aromatic N) is 3. The third kappa shape index (κ3) is 3.16. The average molecular weight is 430 g/mol. The Kier molecular flexibility index (Phi) is 4.79. The van der Waals surface area contributed by atoms with E-state index < -0.39 is 5.97 Å². The van der Waals surface area contributed by atoms with Crippen LogP contribution in [0.2, 0.25) is 0 Å². The molecule has 2 aliphatic heterocycles. The SMILES string of the molecule is CN1C(=O)C2CN(Cc3c2c2ccccc2n3Cc2ccc(/C=C/C(=O)ON)cc2)C1=O. The summed E-state index contributed by atoms with van der Waals surface area (Å²) < 4.78 is 2.20. The molecular weight excluding hydrogens is 408 g/mol. The summed E-state index contributed by atoms with van der Waals surface area (Å²) in [6.07, 6.45) is 2.90. The Bertz CT molecular complexity index is 1280. The molecule has 1 saturated heterocycles. The molecule has 2 bridgehead atoms. The molecule has 1 unspecified atom stereocenters. The van der Waals surface area contributed by atoms with Crippen LogP contribution in [0.4, 0.5) is 4.79 Å². The number of carbonyl (C=O) groups excluding carboxylic acids is 3. The molecule has 2 N–H and O–H groups in total. The van der Waals surface area contributed by atoms with Crippen molar-refractivity contribution < 1.29 is 19.2 Å². The smallest absolute Gasteiger partial charge is 0.349 e. The molecule has 3 heterocycles. The van der Waals surface area contributed by atoms with Crippen molar-refractivity contribution in [1.29, 1.82) is 0 Å². The average Bonchev–Trinajstić information content (AvgIpc) is 3.14. The van der Waals surface area contributed by atoms with Crippen LogP contribution >= 0.6 is 0 Å². The number of rotatable bonds is 4. The van der Waals surface area contributed by atoms with Gasteiger partial charge in [-0.3, -0.25) is 9.69 Å². The van der Waals surface area contributed by atoms with Gasteiger partial charge in [0, 0.05) is 42.8 Å². The van der Waals surface area contributed by atoms with Crippen LogP contribution < -0.4 is 5.90 Å². The number of benzene rings is 2. The molecule has 0 aliphatic carbocycles. The van der Waals surface area contributed by atoms with E-state index in [9.17, 15) is 14.4 Å². The molecule has 8 nitrogen and oxygen atoms in total. The molecule has 1 aromatic heterocycles. The lowest BCUT2D eigenvalue weighted by Gasteiger charge is -2.41. The monoisotopic (exact) mass is 430 g/mol. The van der Waals surface area contributed by atoms with Crippen molar-refractivity contribution in [3.8, 4) is 0 Å². The highest BCUT2D eigenvalue weighted by atomic mass is 16.7. The molecule has 0 saturated carbocycles. The summed E-state index contributed by atoms with van der Waals surface area (Å²) in [5.41, 5.74) is 4.99. The van der Waals surface area contributed by atoms with E-state index in [1.165, 1.54) is 11.0 Å². The Hall–Kier alpha value is -3.91. The van der Waals surface area contributed by atoms with Crippen LogP contribution in [0.3, 0.4) is 0 Å². The maximum absolute atomic E-state index is 12.9. The number of hydrogen-bond donors (Lipinski definition) is 1. The fraction of sp³-hybridized carbons (Fsp3) is 0.208. The Morgan fingerprint density at radius 3 is 2.66 bits per heavy atom. The number of aromatic nitrogens is 1. The van der Waals surface area contributed by atoms with Crippen molar-refractivity contribution in [3.05, 3.63) is 77.0 Å². The van der Waals surface area contributed by atoms with E-state index in [0.29, 0.717) is 19.6 Å². The number of nitrogens with two attached hydrogens (primary N) is 1. The van der Waals surface area contributed by atoms with Gasteiger partial charge in [-0.25, -0.2) is 9.59 Å². The molecule has 0 spiro atoms. The van der Waals surface area contributed by atoms with Gasteiger partial charge in [0.2, 0.25) is 5.91 Å². The van der Waals surface area contributed by atoms with E-state index in [2.05, 4.69) is 21.5 Å². The Morgan fingerprint density at radius 2 is 1.91 bits per heavy atom. The van der Waals surface area contributed by atoms with Gasteiger partial charge in [0.25, 0.3) is 0 Å². The van der Waals surface area contributed by atoms with Gasteiger partial charge in [0.1, 0.15) is 0 Å².